The van der Waals surface area contributed by atoms with Gasteiger partial charge in [-0.2, -0.15) is 0 Å². The minimum Gasteiger partial charge on any atom is -0.508 e. The van der Waals surface area contributed by atoms with Crippen molar-refractivity contribution in [3.05, 3.63) is 65.7 Å². The molecule has 23 nitrogen and oxygen atoms in total. The molecule has 0 aliphatic rings. The zero-order chi connectivity index (χ0) is 63.9. The third kappa shape index (κ3) is 29.1. The van der Waals surface area contributed by atoms with E-state index >= 15 is 0 Å². The number of primary amides is 2. The molecular formula is C62H88N6O17. The van der Waals surface area contributed by atoms with Crippen LogP contribution in [0.25, 0.3) is 0 Å². The number of phenols is 1. The van der Waals surface area contributed by atoms with Crippen molar-refractivity contribution in [3.63, 3.8) is 0 Å². The first kappa shape index (κ1) is 73.4. The molecule has 0 aromatic heterocycles. The van der Waals surface area contributed by atoms with Gasteiger partial charge in [0.25, 0.3) is 0 Å². The van der Waals surface area contributed by atoms with Crippen LogP contribution in [-0.4, -0.2) is 121 Å². The number of guanidine groups is 1. The van der Waals surface area contributed by atoms with Crippen LogP contribution in [0.2, 0.25) is 0 Å². The smallest absolute Gasteiger partial charge is 0.303 e. The summed E-state index contributed by atoms with van der Waals surface area (Å²) in [5.74, 6) is -20.5. The first-order valence-corrected chi connectivity index (χ1v) is 29.0. The van der Waals surface area contributed by atoms with Crippen molar-refractivity contribution in [2.24, 2.45) is 86.9 Å². The Morgan fingerprint density at radius 2 is 0.871 bits per heavy atom. The fourth-order valence-electron chi connectivity index (χ4n) is 10.4. The van der Waals surface area contributed by atoms with Crippen molar-refractivity contribution >= 4 is 81.8 Å². The highest BCUT2D eigenvalue weighted by Gasteiger charge is 2.38. The van der Waals surface area contributed by atoms with Crippen molar-refractivity contribution in [2.75, 3.05) is 13.1 Å². The number of nitrogens with zero attached hydrogens (tertiary/aromatic N) is 1. The Labute approximate surface area is 496 Å². The number of benzene rings is 2. The number of carbonyl (C=O) groups excluding carboxylic acids is 11. The maximum absolute atomic E-state index is 14.7. The second kappa shape index (κ2) is 38.3. The quantitative estimate of drug-likeness (QED) is 0.0256. The van der Waals surface area contributed by atoms with E-state index in [9.17, 15) is 82.8 Å². The highest BCUT2D eigenvalue weighted by molar-refractivity contribution is 5.99. The third-order valence-electron chi connectivity index (χ3n) is 15.6. The van der Waals surface area contributed by atoms with E-state index < -0.39 is 201 Å². The molecule has 0 bridgehead atoms. The third-order valence-corrected chi connectivity index (χ3v) is 15.6. The predicted molar refractivity (Wildman–Crippen MR) is 313 cm³/mol. The van der Waals surface area contributed by atoms with Crippen LogP contribution in [-0.2, 0) is 75.2 Å². The van der Waals surface area contributed by atoms with Crippen LogP contribution in [0.1, 0.15) is 154 Å². The number of rotatable bonds is 48. The van der Waals surface area contributed by atoms with E-state index in [0.717, 1.165) is 0 Å². The second-order valence-electron chi connectivity index (χ2n) is 22.6. The lowest BCUT2D eigenvalue weighted by atomic mass is 9.77. The van der Waals surface area contributed by atoms with Crippen LogP contribution in [0.15, 0.2) is 59.6 Å². The van der Waals surface area contributed by atoms with Gasteiger partial charge < -0.3 is 49.1 Å². The Balaban J connectivity index is 2.47. The van der Waals surface area contributed by atoms with E-state index in [1.54, 1.807) is 49.4 Å². The van der Waals surface area contributed by atoms with Crippen molar-refractivity contribution in [2.45, 2.75) is 162 Å². The number of aromatic hydroxyl groups is 1. The van der Waals surface area contributed by atoms with Gasteiger partial charge in [-0.3, -0.25) is 67.3 Å². The van der Waals surface area contributed by atoms with E-state index in [4.69, 9.17) is 28.7 Å². The number of aliphatic imine (C=N–C) groups is 1. The molecule has 23 heteroatoms. The molecule has 14 N–H and O–H groups in total. The van der Waals surface area contributed by atoms with Gasteiger partial charge in [0.05, 0.1) is 12.0 Å². The van der Waals surface area contributed by atoms with Gasteiger partial charge in [0, 0.05) is 131 Å². The molecule has 85 heavy (non-hydrogen) atoms. The summed E-state index contributed by atoms with van der Waals surface area (Å²) in [5.41, 5.74) is 28.9. The topological polar surface area (TPSA) is 445 Å². The van der Waals surface area contributed by atoms with Gasteiger partial charge in [-0.1, -0.05) is 55.8 Å². The normalized spacial score (nSPS) is 14.8. The van der Waals surface area contributed by atoms with Crippen molar-refractivity contribution in [1.82, 2.24) is 0 Å². The van der Waals surface area contributed by atoms with Gasteiger partial charge in [0.1, 0.15) is 57.8 Å². The number of carbonyl (C=O) groups is 13. The standard InChI is InChI=1S/C62H88N6O17/c1-36(10-9-23-68-62(66)67)50(72)30-46(33-58(64)80)55(77)32-47(34-59(65)81)54(76)31-45(25-39-11-5-4-6-12-39)53(75)26-41(13-7-8-22-63)56(78)35-49(38(3)70)57(79)28-43(17-21-61(84)85)51(73)27-42(16-20-60(82)83)52(74)29-44(37(2)69)24-40-14-18-48(71)19-15-40/h4-6,11-12,14-15,18-19,36,38,41-47,49,70-71H,7-10,13,16-17,20-35,63H2,1-3H3,(H2,64,80)(H2,65,81)(H,82,83)(H,84,85)(H4,66,67,68). The number of aliphatic hydroxyl groups excluding tert-OH is 1. The molecule has 0 saturated heterocycles. The van der Waals surface area contributed by atoms with Gasteiger partial charge in [-0.05, 0) is 95.0 Å². The van der Waals surface area contributed by atoms with Crippen LogP contribution in [0.5, 0.6) is 5.75 Å². The monoisotopic (exact) mass is 1190 g/mol. The molecule has 0 heterocycles. The highest BCUT2D eigenvalue weighted by Crippen LogP contribution is 2.31. The predicted octanol–water partition coefficient (Wildman–Crippen LogP) is 4.05. The van der Waals surface area contributed by atoms with Crippen LogP contribution >= 0.6 is 0 Å². The first-order valence-electron chi connectivity index (χ1n) is 29.0. The molecule has 2 aromatic carbocycles. The molecule has 2 aromatic rings. The van der Waals surface area contributed by atoms with Crippen molar-refractivity contribution in [1.29, 1.82) is 0 Å². The summed E-state index contributed by atoms with van der Waals surface area (Å²) in [6.07, 6.45) is -7.17. The van der Waals surface area contributed by atoms with Crippen LogP contribution in [0.3, 0.4) is 0 Å². The lowest BCUT2D eigenvalue weighted by Crippen LogP contribution is -2.35. The number of Topliss-reactive ketones (excluding diaryl/α,β-unsaturated/α-hetero) is 9. The van der Waals surface area contributed by atoms with Crippen LogP contribution in [0.4, 0.5) is 0 Å². The molecule has 468 valence electrons. The van der Waals surface area contributed by atoms with Crippen LogP contribution < -0.4 is 28.7 Å². The minimum atomic E-state index is -1.52. The molecule has 0 saturated carbocycles. The molecule has 0 radical (unpaired) electrons. The number of unbranched alkanes of at least 4 members (excludes halogenated alkanes) is 1. The van der Waals surface area contributed by atoms with Crippen molar-refractivity contribution in [3.8, 4) is 5.75 Å². The summed E-state index contributed by atoms with van der Waals surface area (Å²) >= 11 is 0. The van der Waals surface area contributed by atoms with Gasteiger partial charge in [-0.25, -0.2) is 0 Å². The Bertz CT molecular complexity index is 2650. The van der Waals surface area contributed by atoms with E-state index in [1.165, 1.54) is 26.0 Å². The number of nitrogens with two attached hydrogens (primary N) is 5. The van der Waals surface area contributed by atoms with Gasteiger partial charge >= 0.3 is 11.9 Å². The largest absolute Gasteiger partial charge is 0.508 e. The molecule has 2 amide bonds. The number of phenolic OH excluding ortho intramolecular Hbond substituents is 1. The summed E-state index contributed by atoms with van der Waals surface area (Å²) < 4.78 is 0. The summed E-state index contributed by atoms with van der Waals surface area (Å²) in [7, 11) is 0. The first-order chi connectivity index (χ1) is 40.0. The maximum Gasteiger partial charge on any atom is 0.303 e. The number of carboxylic acids is 2. The van der Waals surface area contributed by atoms with E-state index in [1.807, 2.05) is 0 Å². The zero-order valence-electron chi connectivity index (χ0n) is 49.2. The van der Waals surface area contributed by atoms with Crippen molar-refractivity contribution < 1.29 is 82.8 Å². The molecule has 10 atom stereocenters. The SMILES string of the molecule is CC(=O)C(CC(=O)C(CCC(=O)O)CC(=O)C(CCC(=O)O)CC(=O)C(CC(=O)C(CCCCN)CC(=O)C(CC(=O)C(CC(N)=O)CC(=O)C(CC(N)=O)CC(=O)C(C)CCCN=C(N)N)Cc1ccccc1)C(C)O)Cc1ccc(O)cc1. The maximum atomic E-state index is 14.7. The molecular weight excluding hydrogens is 1100 g/mol. The summed E-state index contributed by atoms with van der Waals surface area (Å²) in [6.45, 7) is 4.63. The highest BCUT2D eigenvalue weighted by atomic mass is 16.4. The molecule has 0 fully saturated rings. The van der Waals surface area contributed by atoms with E-state index in [-0.39, 0.29) is 68.5 Å². The molecule has 0 aliphatic heterocycles. The number of amides is 2. The second-order valence-corrected chi connectivity index (χ2v) is 22.6. The van der Waals surface area contributed by atoms with E-state index in [0.29, 0.717) is 36.8 Å². The lowest BCUT2D eigenvalue weighted by Gasteiger charge is -2.25. The Morgan fingerprint density at radius 1 is 0.459 bits per heavy atom. The summed E-state index contributed by atoms with van der Waals surface area (Å²) in [4.78, 5) is 178. The number of hydrogen-bond acceptors (Lipinski definition) is 17. The summed E-state index contributed by atoms with van der Waals surface area (Å²) in [6, 6.07) is 14.5. The number of carboxylic acid groups (broad SMARTS) is 2. The van der Waals surface area contributed by atoms with Crippen LogP contribution in [0, 0.1) is 53.3 Å². The molecule has 2 rings (SSSR count). The fraction of sp³-hybridized carbons (Fsp3) is 0.581. The Hall–Kier alpha value is -7.66. The molecule has 0 spiro atoms. The zero-order valence-corrected chi connectivity index (χ0v) is 49.2. The number of hydrogen-bond donors (Lipinski definition) is 9. The lowest BCUT2D eigenvalue weighted by molar-refractivity contribution is -0.141. The Kier molecular flexibility index (Phi) is 33.1. The summed E-state index contributed by atoms with van der Waals surface area (Å²) in [5, 5.41) is 40.0. The van der Waals surface area contributed by atoms with Gasteiger partial charge in [-0.15, -0.1) is 0 Å². The van der Waals surface area contributed by atoms with Gasteiger partial charge in [0.15, 0.2) is 5.96 Å². The fourth-order valence-corrected chi connectivity index (χ4v) is 10.4. The minimum absolute atomic E-state index is 0.0218. The average molecular weight is 1190 g/mol. The number of aliphatic carboxylic acids is 2. The molecule has 10 unspecified atom stereocenters. The van der Waals surface area contributed by atoms with E-state index in [2.05, 4.69) is 4.99 Å². The number of aliphatic hydroxyl groups is 1. The molecule has 0 aliphatic carbocycles. The van der Waals surface area contributed by atoms with Gasteiger partial charge in [0.2, 0.25) is 11.8 Å². The Morgan fingerprint density at radius 3 is 1.34 bits per heavy atom. The average Bonchev–Trinajstić information content (AvgIpc) is 3.47. The number of ketones is 9.